The van der Waals surface area contributed by atoms with Crippen LogP contribution in [0.15, 0.2) is 28.8 Å². The second kappa shape index (κ2) is 6.32. The molecule has 0 fully saturated rings. The van der Waals surface area contributed by atoms with Crippen LogP contribution in [0, 0.1) is 12.8 Å². The predicted molar refractivity (Wildman–Crippen MR) is 76.0 cm³/mol. The minimum atomic E-state index is -0.0131. The lowest BCUT2D eigenvalue weighted by molar-refractivity contribution is -0.123. The molecular weight excluding hydrogens is 254 g/mol. The summed E-state index contributed by atoms with van der Waals surface area (Å²) in [7, 11) is 0. The van der Waals surface area contributed by atoms with Gasteiger partial charge in [0.15, 0.2) is 0 Å². The molecule has 2 rings (SSSR count). The molecule has 0 saturated heterocycles. The highest BCUT2D eigenvalue weighted by Gasteiger charge is 2.10. The third kappa shape index (κ3) is 3.66. The second-order valence-corrected chi connectivity index (χ2v) is 5.07. The highest BCUT2D eigenvalue weighted by Crippen LogP contribution is 2.16. The van der Waals surface area contributed by atoms with E-state index in [4.69, 9.17) is 4.52 Å². The number of carbonyl (C=O) groups excluding carboxylic acids is 1. The van der Waals surface area contributed by atoms with Crippen LogP contribution in [0.1, 0.15) is 25.3 Å². The van der Waals surface area contributed by atoms with Gasteiger partial charge >= 0.3 is 0 Å². The summed E-state index contributed by atoms with van der Waals surface area (Å²) in [4.78, 5) is 15.7. The highest BCUT2D eigenvalue weighted by molar-refractivity contribution is 5.77. The van der Waals surface area contributed by atoms with E-state index in [2.05, 4.69) is 15.5 Å². The molecule has 0 radical (unpaired) electrons. The van der Waals surface area contributed by atoms with Gasteiger partial charge in [0.25, 0.3) is 0 Å². The van der Waals surface area contributed by atoms with Crippen molar-refractivity contribution in [3.05, 3.63) is 35.7 Å². The third-order valence-electron chi connectivity index (χ3n) is 2.94. The Balaban J connectivity index is 1.92. The molecular formula is C15H19N3O2. The molecule has 1 aromatic carbocycles. The smallest absolute Gasteiger partial charge is 0.228 e. The van der Waals surface area contributed by atoms with Gasteiger partial charge in [0.05, 0.1) is 0 Å². The van der Waals surface area contributed by atoms with Gasteiger partial charge in [-0.15, -0.1) is 0 Å². The van der Waals surface area contributed by atoms with E-state index < -0.39 is 0 Å². The Kier molecular flexibility index (Phi) is 4.50. The molecule has 0 spiro atoms. The number of amides is 1. The molecule has 1 heterocycles. The van der Waals surface area contributed by atoms with Crippen LogP contribution in [-0.4, -0.2) is 22.6 Å². The normalized spacial score (nSPS) is 10.8. The largest absolute Gasteiger partial charge is 0.355 e. The molecule has 0 bridgehead atoms. The van der Waals surface area contributed by atoms with Crippen LogP contribution in [0.2, 0.25) is 0 Å². The molecule has 106 valence electrons. The molecule has 1 aromatic heterocycles. The van der Waals surface area contributed by atoms with Crippen molar-refractivity contribution in [3.8, 4) is 11.4 Å². The average Bonchev–Trinajstić information content (AvgIpc) is 2.88. The van der Waals surface area contributed by atoms with Crippen molar-refractivity contribution in [2.45, 2.75) is 27.2 Å². The molecule has 1 N–H and O–H groups in total. The van der Waals surface area contributed by atoms with E-state index in [-0.39, 0.29) is 11.8 Å². The van der Waals surface area contributed by atoms with Crippen LogP contribution < -0.4 is 5.32 Å². The summed E-state index contributed by atoms with van der Waals surface area (Å²) in [6.07, 6.45) is 0.539. The second-order valence-electron chi connectivity index (χ2n) is 5.07. The number of hydrogen-bond acceptors (Lipinski definition) is 4. The number of rotatable bonds is 5. The number of aromatic nitrogens is 2. The van der Waals surface area contributed by atoms with Crippen molar-refractivity contribution in [2.24, 2.45) is 5.92 Å². The first-order valence-corrected chi connectivity index (χ1v) is 6.73. The van der Waals surface area contributed by atoms with E-state index in [1.807, 2.05) is 45.0 Å². The van der Waals surface area contributed by atoms with Gasteiger partial charge in [0.1, 0.15) is 0 Å². The lowest BCUT2D eigenvalue weighted by atomic mass is 10.1. The lowest BCUT2D eigenvalue weighted by Gasteiger charge is -2.05. The zero-order chi connectivity index (χ0) is 14.5. The summed E-state index contributed by atoms with van der Waals surface area (Å²) in [6, 6.07) is 7.94. The molecule has 1 amide bonds. The third-order valence-corrected chi connectivity index (χ3v) is 2.94. The number of nitrogens with one attached hydrogen (secondary N) is 1. The SMILES string of the molecule is Cc1ccc(-c2noc(CCNC(=O)C(C)C)n2)cc1. The summed E-state index contributed by atoms with van der Waals surface area (Å²) in [5.41, 5.74) is 2.12. The standard InChI is InChI=1S/C15H19N3O2/c1-10(2)15(19)16-9-8-13-17-14(18-20-13)12-6-4-11(3)5-7-12/h4-7,10H,8-9H2,1-3H3,(H,16,19). The summed E-state index contributed by atoms with van der Waals surface area (Å²) < 4.78 is 5.18. The summed E-state index contributed by atoms with van der Waals surface area (Å²) >= 11 is 0. The molecule has 0 aliphatic rings. The predicted octanol–water partition coefficient (Wildman–Crippen LogP) is 2.36. The molecule has 5 heteroatoms. The summed E-state index contributed by atoms with van der Waals surface area (Å²) in [5.74, 6) is 1.13. The lowest BCUT2D eigenvalue weighted by Crippen LogP contribution is -2.29. The van der Waals surface area contributed by atoms with Crippen LogP contribution in [0.4, 0.5) is 0 Å². The first-order chi connectivity index (χ1) is 9.56. The number of carbonyl (C=O) groups is 1. The topological polar surface area (TPSA) is 68.0 Å². The first-order valence-electron chi connectivity index (χ1n) is 6.73. The van der Waals surface area contributed by atoms with Gasteiger partial charge < -0.3 is 9.84 Å². The van der Waals surface area contributed by atoms with Crippen molar-refractivity contribution in [2.75, 3.05) is 6.54 Å². The van der Waals surface area contributed by atoms with E-state index in [9.17, 15) is 4.79 Å². The minimum Gasteiger partial charge on any atom is -0.355 e. The van der Waals surface area contributed by atoms with E-state index in [0.29, 0.717) is 24.7 Å². The van der Waals surface area contributed by atoms with Crippen LogP contribution in [0.3, 0.4) is 0 Å². The van der Waals surface area contributed by atoms with Gasteiger partial charge in [0, 0.05) is 24.4 Å². The minimum absolute atomic E-state index is 0.0131. The molecule has 20 heavy (non-hydrogen) atoms. The number of benzene rings is 1. The number of hydrogen-bond donors (Lipinski definition) is 1. The Morgan fingerprint density at radius 2 is 2.00 bits per heavy atom. The van der Waals surface area contributed by atoms with Crippen molar-refractivity contribution < 1.29 is 9.32 Å². The fourth-order valence-corrected chi connectivity index (χ4v) is 1.67. The van der Waals surface area contributed by atoms with Crippen molar-refractivity contribution >= 4 is 5.91 Å². The van der Waals surface area contributed by atoms with Crippen molar-refractivity contribution in [1.29, 1.82) is 0 Å². The van der Waals surface area contributed by atoms with Gasteiger partial charge in [0.2, 0.25) is 17.6 Å². The molecule has 0 saturated carbocycles. The Labute approximate surface area is 118 Å². The maximum Gasteiger partial charge on any atom is 0.228 e. The maximum absolute atomic E-state index is 11.4. The summed E-state index contributed by atoms with van der Waals surface area (Å²) in [5, 5.41) is 6.77. The van der Waals surface area contributed by atoms with Crippen LogP contribution in [-0.2, 0) is 11.2 Å². The van der Waals surface area contributed by atoms with E-state index in [1.54, 1.807) is 0 Å². The number of nitrogens with zero attached hydrogens (tertiary/aromatic N) is 2. The van der Waals surface area contributed by atoms with Gasteiger partial charge in [-0.05, 0) is 6.92 Å². The molecule has 2 aromatic rings. The van der Waals surface area contributed by atoms with E-state index in [1.165, 1.54) is 5.56 Å². The van der Waals surface area contributed by atoms with E-state index >= 15 is 0 Å². The molecule has 0 unspecified atom stereocenters. The average molecular weight is 273 g/mol. The zero-order valence-corrected chi connectivity index (χ0v) is 12.0. The van der Waals surface area contributed by atoms with Crippen LogP contribution in [0.25, 0.3) is 11.4 Å². The van der Waals surface area contributed by atoms with Crippen molar-refractivity contribution in [3.63, 3.8) is 0 Å². The molecule has 0 aliphatic heterocycles. The first kappa shape index (κ1) is 14.2. The zero-order valence-electron chi connectivity index (χ0n) is 12.0. The molecule has 0 aliphatic carbocycles. The van der Waals surface area contributed by atoms with Crippen molar-refractivity contribution in [1.82, 2.24) is 15.5 Å². The van der Waals surface area contributed by atoms with E-state index in [0.717, 1.165) is 5.56 Å². The van der Waals surface area contributed by atoms with Crippen LogP contribution in [0.5, 0.6) is 0 Å². The van der Waals surface area contributed by atoms with Gasteiger partial charge in [-0.1, -0.05) is 48.8 Å². The highest BCUT2D eigenvalue weighted by atomic mass is 16.5. The maximum atomic E-state index is 11.4. The fraction of sp³-hybridized carbons (Fsp3) is 0.400. The monoisotopic (exact) mass is 273 g/mol. The Morgan fingerprint density at radius 1 is 1.30 bits per heavy atom. The van der Waals surface area contributed by atoms with Gasteiger partial charge in [-0.3, -0.25) is 4.79 Å². The molecule has 0 atom stereocenters. The Hall–Kier alpha value is -2.17. The number of aryl methyl sites for hydroxylation is 1. The summed E-state index contributed by atoms with van der Waals surface area (Å²) in [6.45, 7) is 6.25. The van der Waals surface area contributed by atoms with Gasteiger partial charge in [-0.2, -0.15) is 4.98 Å². The van der Waals surface area contributed by atoms with Crippen LogP contribution >= 0.6 is 0 Å². The van der Waals surface area contributed by atoms with Gasteiger partial charge in [-0.25, -0.2) is 0 Å². The Morgan fingerprint density at radius 3 is 2.65 bits per heavy atom. The molecule has 5 nitrogen and oxygen atoms in total. The fourth-order valence-electron chi connectivity index (χ4n) is 1.67. The quantitative estimate of drug-likeness (QED) is 0.908. The Bertz CT molecular complexity index is 573.